The van der Waals surface area contributed by atoms with Gasteiger partial charge in [0.15, 0.2) is 0 Å². The fourth-order valence-electron chi connectivity index (χ4n) is 4.10. The maximum Gasteiger partial charge on any atom is 0.258 e. The van der Waals surface area contributed by atoms with Gasteiger partial charge in [-0.2, -0.15) is 0 Å². The lowest BCUT2D eigenvalue weighted by Crippen LogP contribution is -2.33. The molecule has 0 radical (unpaired) electrons. The van der Waals surface area contributed by atoms with Crippen LogP contribution in [0, 0.1) is 6.92 Å². The van der Waals surface area contributed by atoms with Crippen LogP contribution in [-0.4, -0.2) is 37.3 Å². The number of pyridine rings is 1. The average molecular weight is 373 g/mol. The van der Waals surface area contributed by atoms with Gasteiger partial charge in [-0.05, 0) is 56.6 Å². The SMILES string of the molecule is Cc1ccc2nc(CN3CCC(c4nc5ccccc5[nH]4)CC3)cc(=O)n2c1. The van der Waals surface area contributed by atoms with Gasteiger partial charge in [-0.25, -0.2) is 9.97 Å². The van der Waals surface area contributed by atoms with E-state index in [0.717, 1.165) is 54.0 Å². The van der Waals surface area contributed by atoms with E-state index < -0.39 is 0 Å². The summed E-state index contributed by atoms with van der Waals surface area (Å²) < 4.78 is 1.62. The molecule has 0 bridgehead atoms. The molecule has 0 spiro atoms. The van der Waals surface area contributed by atoms with Crippen molar-refractivity contribution in [2.75, 3.05) is 13.1 Å². The monoisotopic (exact) mass is 373 g/mol. The number of aryl methyl sites for hydroxylation is 1. The summed E-state index contributed by atoms with van der Waals surface area (Å²) in [6, 6.07) is 13.8. The summed E-state index contributed by atoms with van der Waals surface area (Å²) in [4.78, 5) is 27.7. The fourth-order valence-corrected chi connectivity index (χ4v) is 4.10. The van der Waals surface area contributed by atoms with Crippen molar-refractivity contribution in [1.82, 2.24) is 24.3 Å². The van der Waals surface area contributed by atoms with Gasteiger partial charge in [-0.15, -0.1) is 0 Å². The molecule has 6 heteroatoms. The molecular weight excluding hydrogens is 350 g/mol. The number of imidazole rings is 1. The zero-order chi connectivity index (χ0) is 19.1. The number of benzene rings is 1. The molecule has 0 unspecified atom stereocenters. The third kappa shape index (κ3) is 3.20. The summed E-state index contributed by atoms with van der Waals surface area (Å²) in [5, 5.41) is 0. The second kappa shape index (κ2) is 6.87. The molecule has 0 saturated carbocycles. The summed E-state index contributed by atoms with van der Waals surface area (Å²) in [7, 11) is 0. The molecule has 1 aromatic carbocycles. The minimum Gasteiger partial charge on any atom is -0.342 e. The van der Waals surface area contributed by atoms with Crippen molar-refractivity contribution >= 4 is 16.7 Å². The number of piperidine rings is 1. The lowest BCUT2D eigenvalue weighted by molar-refractivity contribution is 0.200. The lowest BCUT2D eigenvalue weighted by atomic mass is 9.96. The molecule has 4 heterocycles. The van der Waals surface area contributed by atoms with E-state index in [4.69, 9.17) is 4.98 Å². The third-order valence-corrected chi connectivity index (χ3v) is 5.63. The molecule has 1 aliphatic rings. The smallest absolute Gasteiger partial charge is 0.258 e. The number of hydrogen-bond donors (Lipinski definition) is 1. The highest BCUT2D eigenvalue weighted by molar-refractivity contribution is 5.74. The fraction of sp³-hybridized carbons (Fsp3) is 0.318. The van der Waals surface area contributed by atoms with Crippen molar-refractivity contribution in [2.45, 2.75) is 32.2 Å². The summed E-state index contributed by atoms with van der Waals surface area (Å²) in [6.07, 6.45) is 3.96. The molecule has 0 atom stereocenters. The van der Waals surface area contributed by atoms with Crippen molar-refractivity contribution in [2.24, 2.45) is 0 Å². The van der Waals surface area contributed by atoms with Crippen molar-refractivity contribution in [3.8, 4) is 0 Å². The summed E-state index contributed by atoms with van der Waals surface area (Å²) in [6.45, 7) is 4.66. The molecule has 1 fully saturated rings. The van der Waals surface area contributed by atoms with Crippen molar-refractivity contribution in [1.29, 1.82) is 0 Å². The Bertz CT molecular complexity index is 1170. The average Bonchev–Trinajstić information content (AvgIpc) is 3.13. The summed E-state index contributed by atoms with van der Waals surface area (Å²) in [5.41, 5.74) is 4.74. The molecule has 4 aromatic rings. The van der Waals surface area contributed by atoms with E-state index in [2.05, 4.69) is 27.0 Å². The Morgan fingerprint density at radius 1 is 1.11 bits per heavy atom. The minimum atomic E-state index is -0.0131. The molecule has 28 heavy (non-hydrogen) atoms. The number of fused-ring (bicyclic) bond motifs is 2. The number of nitrogens with zero attached hydrogens (tertiary/aromatic N) is 4. The van der Waals surface area contributed by atoms with Gasteiger partial charge >= 0.3 is 0 Å². The molecule has 5 rings (SSSR count). The predicted octanol–water partition coefficient (Wildman–Crippen LogP) is 3.26. The van der Waals surface area contributed by atoms with E-state index in [1.165, 1.54) is 0 Å². The first-order valence-electron chi connectivity index (χ1n) is 9.82. The second-order valence-electron chi connectivity index (χ2n) is 7.71. The molecule has 1 aliphatic heterocycles. The van der Waals surface area contributed by atoms with Gasteiger partial charge in [0, 0.05) is 24.7 Å². The quantitative estimate of drug-likeness (QED) is 0.599. The first-order chi connectivity index (χ1) is 13.7. The molecule has 142 valence electrons. The highest BCUT2D eigenvalue weighted by Crippen LogP contribution is 2.28. The molecule has 3 aromatic heterocycles. The second-order valence-corrected chi connectivity index (χ2v) is 7.71. The number of rotatable bonds is 3. The van der Waals surface area contributed by atoms with Gasteiger partial charge in [0.05, 0.1) is 16.7 Å². The van der Waals surface area contributed by atoms with Gasteiger partial charge in [0.2, 0.25) is 0 Å². The van der Waals surface area contributed by atoms with Gasteiger partial charge in [-0.3, -0.25) is 14.1 Å². The Morgan fingerprint density at radius 3 is 2.75 bits per heavy atom. The largest absolute Gasteiger partial charge is 0.342 e. The van der Waals surface area contributed by atoms with Gasteiger partial charge in [0.1, 0.15) is 11.5 Å². The number of nitrogens with one attached hydrogen (secondary N) is 1. The first-order valence-corrected chi connectivity index (χ1v) is 9.82. The first kappa shape index (κ1) is 17.1. The van der Waals surface area contributed by atoms with Crippen LogP contribution in [0.25, 0.3) is 16.7 Å². The van der Waals surface area contributed by atoms with E-state index >= 15 is 0 Å². The summed E-state index contributed by atoms with van der Waals surface area (Å²) >= 11 is 0. The Hall–Kier alpha value is -2.99. The maximum atomic E-state index is 12.4. The van der Waals surface area contributed by atoms with Crippen LogP contribution < -0.4 is 5.56 Å². The van der Waals surface area contributed by atoms with Crippen LogP contribution in [0.4, 0.5) is 0 Å². The zero-order valence-corrected chi connectivity index (χ0v) is 15.9. The minimum absolute atomic E-state index is 0.0131. The molecular formula is C22H23N5O. The standard InChI is InChI=1S/C22H23N5O/c1-15-6-7-20-23-17(12-21(28)27(20)13-15)14-26-10-8-16(9-11-26)22-24-18-4-2-3-5-19(18)25-22/h2-7,12-13,16H,8-11,14H2,1H3,(H,24,25). The molecule has 6 nitrogen and oxygen atoms in total. The Kier molecular flexibility index (Phi) is 4.20. The number of H-pyrrole nitrogens is 1. The van der Waals surface area contributed by atoms with E-state index in [-0.39, 0.29) is 5.56 Å². The van der Waals surface area contributed by atoms with Crippen LogP contribution in [0.5, 0.6) is 0 Å². The Balaban J connectivity index is 1.29. The topological polar surface area (TPSA) is 66.3 Å². The Labute approximate surface area is 162 Å². The van der Waals surface area contributed by atoms with Gasteiger partial charge in [-0.1, -0.05) is 18.2 Å². The van der Waals surface area contributed by atoms with Gasteiger partial charge in [0.25, 0.3) is 5.56 Å². The van der Waals surface area contributed by atoms with Crippen molar-refractivity contribution in [3.63, 3.8) is 0 Å². The molecule has 1 N–H and O–H groups in total. The van der Waals surface area contributed by atoms with Crippen molar-refractivity contribution in [3.05, 3.63) is 76.1 Å². The van der Waals surface area contributed by atoms with Crippen LogP contribution in [0.2, 0.25) is 0 Å². The van der Waals surface area contributed by atoms with Crippen LogP contribution in [0.3, 0.4) is 0 Å². The Morgan fingerprint density at radius 2 is 1.93 bits per heavy atom. The molecule has 0 aliphatic carbocycles. The van der Waals surface area contributed by atoms with Crippen molar-refractivity contribution < 1.29 is 0 Å². The highest BCUT2D eigenvalue weighted by Gasteiger charge is 2.23. The van der Waals surface area contributed by atoms with E-state index in [9.17, 15) is 4.79 Å². The number of likely N-dealkylation sites (tertiary alicyclic amines) is 1. The number of aromatic nitrogens is 4. The summed E-state index contributed by atoms with van der Waals surface area (Å²) in [5.74, 6) is 1.56. The van der Waals surface area contributed by atoms with Crippen LogP contribution in [0.1, 0.15) is 35.8 Å². The number of para-hydroxylation sites is 2. The zero-order valence-electron chi connectivity index (χ0n) is 15.9. The number of aromatic amines is 1. The third-order valence-electron chi connectivity index (χ3n) is 5.63. The van der Waals surface area contributed by atoms with E-state index in [0.29, 0.717) is 18.1 Å². The molecule has 1 saturated heterocycles. The van der Waals surface area contributed by atoms with E-state index in [1.807, 2.05) is 37.4 Å². The normalized spacial score (nSPS) is 16.2. The van der Waals surface area contributed by atoms with Gasteiger partial charge < -0.3 is 4.98 Å². The highest BCUT2D eigenvalue weighted by atomic mass is 16.1. The number of hydrogen-bond acceptors (Lipinski definition) is 4. The lowest BCUT2D eigenvalue weighted by Gasteiger charge is -2.30. The predicted molar refractivity (Wildman–Crippen MR) is 110 cm³/mol. The maximum absolute atomic E-state index is 12.4. The van der Waals surface area contributed by atoms with Crippen LogP contribution >= 0.6 is 0 Å². The van der Waals surface area contributed by atoms with E-state index in [1.54, 1.807) is 10.5 Å². The molecule has 0 amide bonds. The van der Waals surface area contributed by atoms with Crippen LogP contribution in [-0.2, 0) is 6.54 Å². The van der Waals surface area contributed by atoms with Crippen LogP contribution in [0.15, 0.2) is 53.5 Å².